The highest BCUT2D eigenvalue weighted by atomic mass is 16.5. The Bertz CT molecular complexity index is 769. The van der Waals surface area contributed by atoms with Crippen LogP contribution in [0.2, 0.25) is 0 Å². The van der Waals surface area contributed by atoms with Gasteiger partial charge in [-0.05, 0) is 32.0 Å². The molecule has 118 valence electrons. The van der Waals surface area contributed by atoms with Gasteiger partial charge in [0.2, 0.25) is 11.7 Å². The molecule has 0 radical (unpaired) electrons. The Hall–Kier alpha value is -2.96. The van der Waals surface area contributed by atoms with Gasteiger partial charge in [0.05, 0.1) is 7.11 Å². The number of ether oxygens (including phenoxy) is 2. The van der Waals surface area contributed by atoms with E-state index in [0.717, 1.165) is 5.75 Å². The second kappa shape index (κ2) is 6.43. The van der Waals surface area contributed by atoms with Crippen molar-refractivity contribution in [3.63, 3.8) is 0 Å². The fourth-order valence-electron chi connectivity index (χ4n) is 1.92. The summed E-state index contributed by atoms with van der Waals surface area (Å²) in [4.78, 5) is 4.30. The van der Waals surface area contributed by atoms with Gasteiger partial charge in [-0.3, -0.25) is 0 Å². The van der Waals surface area contributed by atoms with Gasteiger partial charge in [-0.15, -0.1) is 10.2 Å². The van der Waals surface area contributed by atoms with Crippen LogP contribution < -0.4 is 9.47 Å². The van der Waals surface area contributed by atoms with E-state index >= 15 is 0 Å². The molecule has 3 aromatic rings. The summed E-state index contributed by atoms with van der Waals surface area (Å²) in [6, 6.07) is 11.2. The lowest BCUT2D eigenvalue weighted by Gasteiger charge is -2.10. The maximum absolute atomic E-state index is 5.79. The maximum atomic E-state index is 5.79. The van der Waals surface area contributed by atoms with Gasteiger partial charge >= 0.3 is 0 Å². The van der Waals surface area contributed by atoms with Crippen molar-refractivity contribution in [2.75, 3.05) is 7.11 Å². The molecule has 0 spiro atoms. The molecule has 0 aliphatic carbocycles. The molecule has 0 aliphatic heterocycles. The summed E-state index contributed by atoms with van der Waals surface area (Å²) in [6.45, 7) is 3.87. The third kappa shape index (κ3) is 3.45. The zero-order valence-corrected chi connectivity index (χ0v) is 13.1. The normalized spacial score (nSPS) is 12.0. The lowest BCUT2D eigenvalue weighted by atomic mass is 10.2. The largest absolute Gasteiger partial charge is 0.481 e. The topological polar surface area (TPSA) is 83.2 Å². The van der Waals surface area contributed by atoms with E-state index < -0.39 is 0 Å². The van der Waals surface area contributed by atoms with Gasteiger partial charge in [0, 0.05) is 6.07 Å². The third-order valence-electron chi connectivity index (χ3n) is 3.20. The first-order valence-corrected chi connectivity index (χ1v) is 7.11. The van der Waals surface area contributed by atoms with E-state index in [1.54, 1.807) is 12.1 Å². The predicted molar refractivity (Wildman–Crippen MR) is 82.1 cm³/mol. The van der Waals surface area contributed by atoms with E-state index in [9.17, 15) is 0 Å². The zero-order chi connectivity index (χ0) is 16.2. The second-order valence-electron chi connectivity index (χ2n) is 4.99. The first-order chi connectivity index (χ1) is 11.2. The van der Waals surface area contributed by atoms with E-state index in [2.05, 4.69) is 20.3 Å². The van der Waals surface area contributed by atoms with Crippen LogP contribution in [-0.2, 0) is 0 Å². The van der Waals surface area contributed by atoms with Crippen LogP contribution in [0.25, 0.3) is 11.5 Å². The van der Waals surface area contributed by atoms with Gasteiger partial charge in [0.25, 0.3) is 5.89 Å². The van der Waals surface area contributed by atoms with Gasteiger partial charge < -0.3 is 14.0 Å². The molecule has 7 nitrogen and oxygen atoms in total. The van der Waals surface area contributed by atoms with Crippen molar-refractivity contribution >= 4 is 0 Å². The molecule has 0 N–H and O–H groups in total. The van der Waals surface area contributed by atoms with Crippen molar-refractivity contribution in [1.82, 2.24) is 20.3 Å². The van der Waals surface area contributed by atoms with Gasteiger partial charge in [-0.25, -0.2) is 0 Å². The average Bonchev–Trinajstić information content (AvgIpc) is 3.07. The van der Waals surface area contributed by atoms with E-state index in [-0.39, 0.29) is 6.10 Å². The molecule has 0 saturated heterocycles. The Balaban J connectivity index is 1.73. The average molecular weight is 312 g/mol. The lowest BCUT2D eigenvalue weighted by molar-refractivity contribution is 0.176. The molecule has 0 bridgehead atoms. The molecule has 0 amide bonds. The fourth-order valence-corrected chi connectivity index (χ4v) is 1.92. The molecule has 3 rings (SSSR count). The van der Waals surface area contributed by atoms with Crippen molar-refractivity contribution in [2.24, 2.45) is 0 Å². The van der Waals surface area contributed by atoms with Crippen molar-refractivity contribution in [3.8, 4) is 23.1 Å². The standard InChI is InChI=1S/C16H16N4O3/c1-10-4-6-12(7-5-10)22-11(2)16-17-15(20-23-16)13-8-9-14(21-3)19-18-13/h4-9,11H,1-3H3. The summed E-state index contributed by atoms with van der Waals surface area (Å²) in [5.41, 5.74) is 1.67. The number of methoxy groups -OCH3 is 1. The number of hydrogen-bond donors (Lipinski definition) is 0. The number of benzene rings is 1. The predicted octanol–water partition coefficient (Wildman–Crippen LogP) is 2.98. The van der Waals surface area contributed by atoms with Gasteiger partial charge in [0.15, 0.2) is 6.10 Å². The van der Waals surface area contributed by atoms with Crippen molar-refractivity contribution in [1.29, 1.82) is 0 Å². The van der Waals surface area contributed by atoms with E-state index in [0.29, 0.717) is 23.3 Å². The Kier molecular flexibility index (Phi) is 4.18. The molecule has 1 unspecified atom stereocenters. The third-order valence-corrected chi connectivity index (χ3v) is 3.20. The van der Waals surface area contributed by atoms with Gasteiger partial charge in [-0.1, -0.05) is 22.9 Å². The first kappa shape index (κ1) is 15.0. The Morgan fingerprint density at radius 3 is 2.48 bits per heavy atom. The van der Waals surface area contributed by atoms with Crippen LogP contribution in [0.5, 0.6) is 11.6 Å². The SMILES string of the molecule is COc1ccc(-c2noc(C(C)Oc3ccc(C)cc3)n2)nn1. The molecule has 7 heteroatoms. The number of aromatic nitrogens is 4. The highest BCUT2D eigenvalue weighted by Crippen LogP contribution is 2.23. The monoisotopic (exact) mass is 312 g/mol. The Labute approximate surface area is 133 Å². The number of aryl methyl sites for hydroxylation is 1. The molecule has 1 atom stereocenters. The number of nitrogens with zero attached hydrogens (tertiary/aromatic N) is 4. The van der Waals surface area contributed by atoms with Crippen molar-refractivity contribution < 1.29 is 14.0 Å². The highest BCUT2D eigenvalue weighted by molar-refractivity contribution is 5.47. The van der Waals surface area contributed by atoms with Crippen molar-refractivity contribution in [2.45, 2.75) is 20.0 Å². The summed E-state index contributed by atoms with van der Waals surface area (Å²) in [5.74, 6) is 1.90. The second-order valence-corrected chi connectivity index (χ2v) is 4.99. The van der Waals surface area contributed by atoms with Crippen LogP contribution in [-0.4, -0.2) is 27.4 Å². The van der Waals surface area contributed by atoms with E-state index in [4.69, 9.17) is 14.0 Å². The van der Waals surface area contributed by atoms with Gasteiger partial charge in [0.1, 0.15) is 11.4 Å². The van der Waals surface area contributed by atoms with Crippen LogP contribution in [0.1, 0.15) is 24.5 Å². The number of rotatable bonds is 5. The van der Waals surface area contributed by atoms with Crippen LogP contribution in [0.15, 0.2) is 40.9 Å². The highest BCUT2D eigenvalue weighted by Gasteiger charge is 2.17. The summed E-state index contributed by atoms with van der Waals surface area (Å²) in [5, 5.41) is 11.8. The number of hydrogen-bond acceptors (Lipinski definition) is 7. The maximum Gasteiger partial charge on any atom is 0.267 e. The molecule has 0 fully saturated rings. The lowest BCUT2D eigenvalue weighted by Crippen LogP contribution is -2.03. The quantitative estimate of drug-likeness (QED) is 0.716. The minimum absolute atomic E-state index is 0.356. The van der Waals surface area contributed by atoms with Crippen molar-refractivity contribution in [3.05, 3.63) is 47.9 Å². The van der Waals surface area contributed by atoms with Crippen LogP contribution >= 0.6 is 0 Å². The first-order valence-electron chi connectivity index (χ1n) is 7.11. The molecule has 2 aromatic heterocycles. The smallest absolute Gasteiger partial charge is 0.267 e. The Morgan fingerprint density at radius 2 is 1.83 bits per heavy atom. The molecule has 0 aliphatic rings. The fraction of sp³-hybridized carbons (Fsp3) is 0.250. The minimum atomic E-state index is -0.370. The molecular weight excluding hydrogens is 296 g/mol. The van der Waals surface area contributed by atoms with E-state index in [1.165, 1.54) is 12.7 Å². The van der Waals surface area contributed by atoms with E-state index in [1.807, 2.05) is 38.1 Å². The molecular formula is C16H16N4O3. The molecule has 2 heterocycles. The summed E-state index contributed by atoms with van der Waals surface area (Å²) in [7, 11) is 1.53. The van der Waals surface area contributed by atoms with Crippen LogP contribution in [0, 0.1) is 6.92 Å². The summed E-state index contributed by atoms with van der Waals surface area (Å²) >= 11 is 0. The van der Waals surface area contributed by atoms with Crippen LogP contribution in [0.3, 0.4) is 0 Å². The minimum Gasteiger partial charge on any atom is -0.481 e. The molecule has 23 heavy (non-hydrogen) atoms. The molecule has 0 saturated carbocycles. The van der Waals surface area contributed by atoms with Gasteiger partial charge in [-0.2, -0.15) is 4.98 Å². The zero-order valence-electron chi connectivity index (χ0n) is 13.1. The molecule has 1 aromatic carbocycles. The summed E-state index contributed by atoms with van der Waals surface area (Å²) < 4.78 is 16.0. The Morgan fingerprint density at radius 1 is 1.04 bits per heavy atom. The van der Waals surface area contributed by atoms with Crippen LogP contribution in [0.4, 0.5) is 0 Å². The summed E-state index contributed by atoms with van der Waals surface area (Å²) in [6.07, 6.45) is -0.370.